The number of carbonyl (C=O) groups is 2. The molecule has 17 heteroatoms. The Kier molecular flexibility index (Phi) is 11.8. The first-order valence-corrected chi connectivity index (χ1v) is 10.5. The second-order valence-electron chi connectivity index (χ2n) is 8.48. The molecule has 1 saturated carbocycles. The van der Waals surface area contributed by atoms with Crippen LogP contribution in [-0.2, 0) is 19.1 Å². The average Bonchev–Trinajstić information content (AvgIpc) is 2.75. The molecule has 0 bridgehead atoms. The summed E-state index contributed by atoms with van der Waals surface area (Å²) in [6.07, 6.45) is -23.2. The van der Waals surface area contributed by atoms with E-state index in [0.29, 0.717) is 0 Å². The van der Waals surface area contributed by atoms with E-state index in [1.165, 1.54) is 6.92 Å². The highest BCUT2D eigenvalue weighted by atomic mass is 19.4. The lowest BCUT2D eigenvalue weighted by Crippen LogP contribution is -2.62. The number of hydrogen-bond acceptors (Lipinski definition) is 6. The number of alkyl halides is 11. The number of ether oxygens (including phenoxy) is 2. The largest absolute Gasteiger partial charge is 0.459 e. The smallest absolute Gasteiger partial charge is 0.426 e. The van der Waals surface area contributed by atoms with E-state index in [-0.39, 0.29) is 24.0 Å². The summed E-state index contributed by atoms with van der Waals surface area (Å²) in [7, 11) is 0. The predicted octanol–water partition coefficient (Wildman–Crippen LogP) is 5.18. The van der Waals surface area contributed by atoms with Crippen molar-refractivity contribution in [2.45, 2.75) is 81.8 Å². The third-order valence-corrected chi connectivity index (χ3v) is 5.21. The van der Waals surface area contributed by atoms with Gasteiger partial charge in [0.1, 0.15) is 6.10 Å². The van der Waals surface area contributed by atoms with Gasteiger partial charge < -0.3 is 19.7 Å². The molecular weight excluding hydrogens is 557 g/mol. The molecule has 38 heavy (non-hydrogen) atoms. The van der Waals surface area contributed by atoms with E-state index in [4.69, 9.17) is 9.84 Å². The molecule has 0 saturated heterocycles. The van der Waals surface area contributed by atoms with Gasteiger partial charge in [0.25, 0.3) is 5.60 Å². The number of rotatable bonds is 7. The van der Waals surface area contributed by atoms with Crippen LogP contribution >= 0.6 is 0 Å². The van der Waals surface area contributed by atoms with E-state index in [9.17, 15) is 63.0 Å². The zero-order chi connectivity index (χ0) is 30.5. The van der Waals surface area contributed by atoms with E-state index in [1.807, 2.05) is 0 Å². The Morgan fingerprint density at radius 3 is 1.53 bits per heavy atom. The quantitative estimate of drug-likeness (QED) is 0.244. The van der Waals surface area contributed by atoms with Gasteiger partial charge in [0.05, 0.1) is 0 Å². The highest BCUT2D eigenvalue weighted by Crippen LogP contribution is 2.51. The molecule has 1 aliphatic rings. The first-order chi connectivity index (χ1) is 16.8. The molecule has 1 unspecified atom stereocenters. The lowest BCUT2D eigenvalue weighted by Gasteiger charge is -2.41. The number of carbonyl (C=O) groups excluding carboxylic acids is 2. The summed E-state index contributed by atoms with van der Waals surface area (Å²) < 4.78 is 146. The summed E-state index contributed by atoms with van der Waals surface area (Å²) in [5.41, 5.74) is -4.90. The van der Waals surface area contributed by atoms with Crippen LogP contribution in [0.1, 0.15) is 39.5 Å². The molecule has 222 valence electrons. The first kappa shape index (κ1) is 35.6. The van der Waals surface area contributed by atoms with E-state index >= 15 is 0 Å². The van der Waals surface area contributed by atoms with Gasteiger partial charge in [-0.15, -0.1) is 0 Å². The highest BCUT2D eigenvalue weighted by molar-refractivity contribution is 5.87. The van der Waals surface area contributed by atoms with Gasteiger partial charge in [0.2, 0.25) is 6.10 Å². The average molecular weight is 582 g/mol. The Morgan fingerprint density at radius 2 is 1.21 bits per heavy atom. The summed E-state index contributed by atoms with van der Waals surface area (Å²) in [6.45, 7) is 7.03. The molecule has 0 heterocycles. The van der Waals surface area contributed by atoms with Gasteiger partial charge in [-0.2, -0.15) is 48.3 Å². The van der Waals surface area contributed by atoms with Crippen molar-refractivity contribution >= 4 is 11.9 Å². The van der Waals surface area contributed by atoms with Gasteiger partial charge in [-0.1, -0.05) is 13.2 Å². The Morgan fingerprint density at radius 1 is 0.816 bits per heavy atom. The zero-order valence-corrected chi connectivity index (χ0v) is 19.9. The van der Waals surface area contributed by atoms with E-state index in [1.54, 1.807) is 0 Å². The molecule has 0 aliphatic heterocycles. The van der Waals surface area contributed by atoms with E-state index < -0.39 is 79.6 Å². The normalized spacial score (nSPS) is 20.0. The van der Waals surface area contributed by atoms with Gasteiger partial charge >= 0.3 is 36.4 Å². The van der Waals surface area contributed by atoms with Crippen LogP contribution in [0.5, 0.6) is 0 Å². The maximum Gasteiger partial charge on any atom is 0.426 e. The van der Waals surface area contributed by atoms with Crippen molar-refractivity contribution in [1.29, 1.82) is 0 Å². The molecule has 1 atom stereocenters. The minimum absolute atomic E-state index is 0.0872. The van der Waals surface area contributed by atoms with Crippen LogP contribution < -0.4 is 0 Å². The lowest BCUT2D eigenvalue weighted by atomic mass is 9.75. The molecule has 0 aromatic heterocycles. The fourth-order valence-corrected chi connectivity index (χ4v) is 3.08. The van der Waals surface area contributed by atoms with Crippen molar-refractivity contribution in [2.24, 2.45) is 5.92 Å². The summed E-state index contributed by atoms with van der Waals surface area (Å²) in [6, 6.07) is 0. The van der Waals surface area contributed by atoms with Gasteiger partial charge in [0.15, 0.2) is 6.61 Å². The van der Waals surface area contributed by atoms with Crippen molar-refractivity contribution < 1.29 is 77.6 Å². The van der Waals surface area contributed by atoms with Crippen LogP contribution in [0, 0.1) is 5.92 Å². The van der Waals surface area contributed by atoms with Crippen LogP contribution in [0.15, 0.2) is 24.3 Å². The number of esters is 2. The van der Waals surface area contributed by atoms with Crippen LogP contribution in [-0.4, -0.2) is 71.0 Å². The summed E-state index contributed by atoms with van der Waals surface area (Å²) in [4.78, 5) is 21.9. The molecule has 1 rings (SSSR count). The predicted molar refractivity (Wildman–Crippen MR) is 106 cm³/mol. The zero-order valence-electron chi connectivity index (χ0n) is 19.9. The SMILES string of the molecule is C=C(C)C(=O)OC1CCC(C(O)(C(F)(F)F)C(F)(F)F)CC1.C=C(C)C(=O)OCC(F)(F)C(O)C(F)(F)F. The fourth-order valence-electron chi connectivity index (χ4n) is 3.08. The molecule has 2 N–H and O–H groups in total. The topological polar surface area (TPSA) is 93.1 Å². The molecular formula is C21H25F11O6. The number of aliphatic hydroxyl groups is 2. The fraction of sp³-hybridized carbons (Fsp3) is 0.714. The molecule has 0 aromatic rings. The van der Waals surface area contributed by atoms with Gasteiger partial charge in [-0.05, 0) is 39.5 Å². The minimum atomic E-state index is -5.82. The third kappa shape index (κ3) is 9.39. The maximum absolute atomic E-state index is 12.7. The molecule has 0 spiro atoms. The minimum Gasteiger partial charge on any atom is -0.459 e. The molecule has 0 aromatic carbocycles. The van der Waals surface area contributed by atoms with Crippen LogP contribution in [0.4, 0.5) is 48.3 Å². The van der Waals surface area contributed by atoms with Gasteiger partial charge in [0, 0.05) is 17.1 Å². The third-order valence-electron chi connectivity index (χ3n) is 5.21. The standard InChI is InChI=1S/C13H16F6O3.C8H9F5O3/c1-7(2)10(20)22-9-5-3-8(4-6-9)11(21,12(14,15)16)13(17,18)19;1-4(2)5(14)16-3-7(9,10)6(15)8(11,12)13/h8-9,21H,1,3-6H2,2H3;6,15H,1,3H2,2H3. The summed E-state index contributed by atoms with van der Waals surface area (Å²) in [5.74, 6) is -8.62. The molecule has 6 nitrogen and oxygen atoms in total. The number of hydrogen-bond donors (Lipinski definition) is 2. The Bertz CT molecular complexity index is 839. The van der Waals surface area contributed by atoms with Crippen LogP contribution in [0.2, 0.25) is 0 Å². The molecule has 0 radical (unpaired) electrons. The molecule has 0 amide bonds. The molecule has 1 fully saturated rings. The Labute approximate surface area is 209 Å². The van der Waals surface area contributed by atoms with Crippen molar-refractivity contribution in [2.75, 3.05) is 6.61 Å². The van der Waals surface area contributed by atoms with Crippen LogP contribution in [0.3, 0.4) is 0 Å². The first-order valence-electron chi connectivity index (χ1n) is 10.5. The summed E-state index contributed by atoms with van der Waals surface area (Å²) in [5, 5.41) is 17.6. The maximum atomic E-state index is 12.7. The van der Waals surface area contributed by atoms with Crippen molar-refractivity contribution in [1.82, 2.24) is 0 Å². The second-order valence-corrected chi connectivity index (χ2v) is 8.48. The number of halogens is 11. The monoisotopic (exact) mass is 582 g/mol. The Balaban J connectivity index is 0.000000761. The van der Waals surface area contributed by atoms with Crippen molar-refractivity contribution in [3.8, 4) is 0 Å². The van der Waals surface area contributed by atoms with Gasteiger partial charge in [-0.25, -0.2) is 9.59 Å². The number of aliphatic hydroxyl groups excluding tert-OH is 1. The van der Waals surface area contributed by atoms with Crippen molar-refractivity contribution in [3.63, 3.8) is 0 Å². The van der Waals surface area contributed by atoms with Gasteiger partial charge in [-0.3, -0.25) is 0 Å². The Hall–Kier alpha value is -2.43. The molecule has 1 aliphatic carbocycles. The highest BCUT2D eigenvalue weighted by Gasteiger charge is 2.73. The summed E-state index contributed by atoms with van der Waals surface area (Å²) >= 11 is 0. The van der Waals surface area contributed by atoms with E-state index in [0.717, 1.165) is 6.92 Å². The van der Waals surface area contributed by atoms with Crippen molar-refractivity contribution in [3.05, 3.63) is 24.3 Å². The van der Waals surface area contributed by atoms with Crippen LogP contribution in [0.25, 0.3) is 0 Å². The van der Waals surface area contributed by atoms with E-state index in [2.05, 4.69) is 17.9 Å². The second kappa shape index (κ2) is 12.6. The lowest BCUT2D eigenvalue weighted by molar-refractivity contribution is -0.387.